The van der Waals surface area contributed by atoms with Crippen molar-refractivity contribution in [2.45, 2.75) is 63.6 Å². The van der Waals surface area contributed by atoms with Gasteiger partial charge in [-0.05, 0) is 50.7 Å². The first-order valence-electron chi connectivity index (χ1n) is 8.72. The third-order valence-corrected chi connectivity index (χ3v) is 4.70. The minimum Gasteiger partial charge on any atom is -0.481 e. The second kappa shape index (κ2) is 7.69. The van der Waals surface area contributed by atoms with Gasteiger partial charge in [0.2, 0.25) is 0 Å². The van der Waals surface area contributed by atoms with E-state index < -0.39 is 36.4 Å². The van der Waals surface area contributed by atoms with E-state index in [-0.39, 0.29) is 12.5 Å². The smallest absolute Gasteiger partial charge is 0.307 e. The lowest BCUT2D eigenvalue weighted by Gasteiger charge is -2.27. The number of carboxylic acid groups (broad SMARTS) is 1. The summed E-state index contributed by atoms with van der Waals surface area (Å²) in [6.45, 7) is 5.49. The quantitative estimate of drug-likeness (QED) is 0.546. The molecule has 2 fully saturated rings. The van der Waals surface area contributed by atoms with Crippen molar-refractivity contribution in [2.75, 3.05) is 5.32 Å². The molecule has 1 aromatic carbocycles. The van der Waals surface area contributed by atoms with E-state index in [0.29, 0.717) is 10.7 Å². The normalized spacial score (nSPS) is 29.8. The summed E-state index contributed by atoms with van der Waals surface area (Å²) in [6.07, 6.45) is -2.42. The number of aliphatic hydroxyl groups excluding tert-OH is 1. The van der Waals surface area contributed by atoms with Crippen molar-refractivity contribution in [1.82, 2.24) is 5.32 Å². The summed E-state index contributed by atoms with van der Waals surface area (Å²) in [4.78, 5) is 10.7. The molecule has 2 aliphatic heterocycles. The summed E-state index contributed by atoms with van der Waals surface area (Å²) in [5.41, 5.74) is 1.45. The first kappa shape index (κ1) is 20.0. The van der Waals surface area contributed by atoms with Crippen LogP contribution in [0.3, 0.4) is 0 Å². The Morgan fingerprint density at radius 2 is 1.89 bits per heavy atom. The average molecular weight is 396 g/mol. The van der Waals surface area contributed by atoms with Crippen LogP contribution in [0, 0.1) is 0 Å². The van der Waals surface area contributed by atoms with E-state index in [1.54, 1.807) is 38.1 Å². The van der Waals surface area contributed by atoms with Gasteiger partial charge in [-0.25, -0.2) is 0 Å². The molecule has 0 bridgehead atoms. The van der Waals surface area contributed by atoms with Crippen LogP contribution < -0.4 is 10.6 Å². The highest BCUT2D eigenvalue weighted by Gasteiger charge is 2.56. The van der Waals surface area contributed by atoms with E-state index >= 15 is 0 Å². The van der Waals surface area contributed by atoms with Gasteiger partial charge >= 0.3 is 5.97 Å². The van der Waals surface area contributed by atoms with Crippen molar-refractivity contribution >= 4 is 29.0 Å². The van der Waals surface area contributed by atoms with Crippen molar-refractivity contribution < 1.29 is 29.2 Å². The van der Waals surface area contributed by atoms with Gasteiger partial charge in [0.15, 0.2) is 17.2 Å². The summed E-state index contributed by atoms with van der Waals surface area (Å²) in [6, 6.07) is 6.75. The third kappa shape index (κ3) is 4.74. The Balaban J connectivity index is 1.55. The molecule has 8 nitrogen and oxygen atoms in total. The zero-order valence-electron chi connectivity index (χ0n) is 15.3. The third-order valence-electron chi connectivity index (χ3n) is 4.48. The monoisotopic (exact) mass is 396 g/mol. The number of rotatable bonds is 5. The van der Waals surface area contributed by atoms with Crippen LogP contribution in [0.1, 0.15) is 26.3 Å². The number of carboxylic acids is 1. The lowest BCUT2D eigenvalue weighted by molar-refractivity contribution is -0.222. The molecule has 0 saturated carbocycles. The largest absolute Gasteiger partial charge is 0.481 e. The minimum absolute atomic E-state index is 0.0255. The second-order valence-electron chi connectivity index (χ2n) is 7.21. The number of carbonyl (C=O) groups is 1. The fourth-order valence-electron chi connectivity index (χ4n) is 3.35. The highest BCUT2D eigenvalue weighted by Crippen LogP contribution is 2.38. The van der Waals surface area contributed by atoms with Crippen molar-refractivity contribution in [3.8, 4) is 0 Å². The Morgan fingerprint density at radius 1 is 1.26 bits per heavy atom. The van der Waals surface area contributed by atoms with Gasteiger partial charge in [-0.15, -0.1) is 0 Å². The Labute approximate surface area is 162 Å². The van der Waals surface area contributed by atoms with Gasteiger partial charge in [-0.3, -0.25) is 4.79 Å². The van der Waals surface area contributed by atoms with E-state index in [1.165, 1.54) is 0 Å². The molecule has 5 atom stereocenters. The zero-order chi connectivity index (χ0) is 19.8. The number of hydrogen-bond acceptors (Lipinski definition) is 6. The molecule has 0 aromatic heterocycles. The number of nitrogens with one attached hydrogen (secondary N) is 2. The van der Waals surface area contributed by atoms with Crippen LogP contribution in [-0.4, -0.2) is 57.7 Å². The van der Waals surface area contributed by atoms with Gasteiger partial charge in [-0.1, -0.05) is 12.1 Å². The van der Waals surface area contributed by atoms with E-state index in [0.717, 1.165) is 5.69 Å². The Morgan fingerprint density at radius 3 is 2.52 bits per heavy atom. The SMILES string of the molecule is C[C@H](NC(=S)Nc1ccc(CC(=O)O)cc1)[C@H]1O[C@H](O)[C@H]2OC(C)(C)O[C@@H]12. The number of ether oxygens (including phenoxy) is 3. The summed E-state index contributed by atoms with van der Waals surface area (Å²) < 4.78 is 17.1. The molecule has 9 heteroatoms. The molecule has 0 radical (unpaired) electrons. The fourth-order valence-corrected chi connectivity index (χ4v) is 3.65. The maximum Gasteiger partial charge on any atom is 0.307 e. The van der Waals surface area contributed by atoms with Gasteiger partial charge in [0, 0.05) is 5.69 Å². The molecule has 0 amide bonds. The lowest BCUT2D eigenvalue weighted by Crippen LogP contribution is -2.48. The summed E-state index contributed by atoms with van der Waals surface area (Å²) in [5, 5.41) is 25.4. The van der Waals surface area contributed by atoms with Crippen molar-refractivity contribution in [3.63, 3.8) is 0 Å². The molecule has 148 valence electrons. The molecule has 1 aromatic rings. The maximum atomic E-state index is 10.7. The van der Waals surface area contributed by atoms with Crippen LogP contribution in [0.15, 0.2) is 24.3 Å². The van der Waals surface area contributed by atoms with E-state index in [9.17, 15) is 9.90 Å². The van der Waals surface area contributed by atoms with Crippen molar-refractivity contribution in [1.29, 1.82) is 0 Å². The van der Waals surface area contributed by atoms with Crippen molar-refractivity contribution in [2.24, 2.45) is 0 Å². The topological polar surface area (TPSA) is 109 Å². The van der Waals surface area contributed by atoms with Gasteiger partial charge < -0.3 is 35.1 Å². The predicted octanol–water partition coefficient (Wildman–Crippen LogP) is 1.23. The molecule has 27 heavy (non-hydrogen) atoms. The fraction of sp³-hybridized carbons (Fsp3) is 0.556. The van der Waals surface area contributed by atoms with Crippen LogP contribution in [0.4, 0.5) is 5.69 Å². The number of hydrogen-bond donors (Lipinski definition) is 4. The van der Waals surface area contributed by atoms with Crippen molar-refractivity contribution in [3.05, 3.63) is 29.8 Å². The molecule has 4 N–H and O–H groups in total. The maximum absolute atomic E-state index is 10.7. The average Bonchev–Trinajstić information content (AvgIpc) is 3.03. The van der Waals surface area contributed by atoms with E-state index in [1.807, 2.05) is 6.92 Å². The summed E-state index contributed by atoms with van der Waals surface area (Å²) in [7, 11) is 0. The van der Waals surface area contributed by atoms with Crippen LogP contribution in [0.5, 0.6) is 0 Å². The molecule has 0 unspecified atom stereocenters. The summed E-state index contributed by atoms with van der Waals surface area (Å²) >= 11 is 5.34. The molecular formula is C18H24N2O6S. The van der Waals surface area contributed by atoms with E-state index in [2.05, 4.69) is 10.6 Å². The lowest BCUT2D eigenvalue weighted by atomic mass is 10.1. The van der Waals surface area contributed by atoms with Crippen LogP contribution in [-0.2, 0) is 25.4 Å². The number of fused-ring (bicyclic) bond motifs is 1. The molecule has 2 heterocycles. The number of benzene rings is 1. The zero-order valence-corrected chi connectivity index (χ0v) is 16.2. The number of thiocarbonyl (C=S) groups is 1. The van der Waals surface area contributed by atoms with Gasteiger partial charge in [-0.2, -0.15) is 0 Å². The van der Waals surface area contributed by atoms with E-state index in [4.69, 9.17) is 31.5 Å². The molecule has 0 spiro atoms. The second-order valence-corrected chi connectivity index (χ2v) is 7.62. The van der Waals surface area contributed by atoms with Crippen LogP contribution in [0.2, 0.25) is 0 Å². The van der Waals surface area contributed by atoms with Gasteiger partial charge in [0.25, 0.3) is 0 Å². The molecule has 0 aliphatic carbocycles. The predicted molar refractivity (Wildman–Crippen MR) is 101 cm³/mol. The minimum atomic E-state index is -1.05. The summed E-state index contributed by atoms with van der Waals surface area (Å²) in [5.74, 6) is -1.64. The highest BCUT2D eigenvalue weighted by molar-refractivity contribution is 7.80. The van der Waals surface area contributed by atoms with Gasteiger partial charge in [0.05, 0.1) is 12.5 Å². The molecule has 3 rings (SSSR count). The van der Waals surface area contributed by atoms with Crippen LogP contribution >= 0.6 is 12.2 Å². The standard InChI is InChI=1S/C18H24N2O6S/c1-9(13-14-15(16(23)24-13)26-18(2,3)25-14)19-17(27)20-11-6-4-10(5-7-11)8-12(21)22/h4-7,9,13-16,23H,8H2,1-3H3,(H,21,22)(H2,19,20,27)/t9-,13+,14-,15-,16-/m0/s1. The number of anilines is 1. The number of aliphatic carboxylic acids is 1. The first-order valence-corrected chi connectivity index (χ1v) is 9.13. The molecular weight excluding hydrogens is 372 g/mol. The Kier molecular flexibility index (Phi) is 5.68. The van der Waals surface area contributed by atoms with Gasteiger partial charge in [0.1, 0.15) is 18.3 Å². The molecule has 2 saturated heterocycles. The Hall–Kier alpha value is -1.78. The highest BCUT2D eigenvalue weighted by atomic mass is 32.1. The first-order chi connectivity index (χ1) is 12.6. The Bertz CT molecular complexity index is 710. The van der Waals surface area contributed by atoms with Crippen LogP contribution in [0.25, 0.3) is 0 Å². The molecule has 2 aliphatic rings. The number of aliphatic hydroxyl groups is 1.